The zero-order chi connectivity index (χ0) is 19.0. The quantitative estimate of drug-likeness (QED) is 0.584. The second kappa shape index (κ2) is 8.38. The van der Waals surface area contributed by atoms with Gasteiger partial charge in [0.25, 0.3) is 0 Å². The van der Waals surface area contributed by atoms with Gasteiger partial charge in [0.2, 0.25) is 0 Å². The Morgan fingerprint density at radius 3 is 2.50 bits per heavy atom. The van der Waals surface area contributed by atoms with Crippen LogP contribution in [0.2, 0.25) is 0 Å². The number of fused-ring (bicyclic) bond motifs is 1. The molecule has 0 N–H and O–H groups in total. The summed E-state index contributed by atoms with van der Waals surface area (Å²) in [6.45, 7) is 4.16. The number of aromatic nitrogens is 1. The van der Waals surface area contributed by atoms with Crippen molar-refractivity contribution in [2.45, 2.75) is 32.4 Å². The molecule has 0 amide bonds. The van der Waals surface area contributed by atoms with Crippen molar-refractivity contribution >= 4 is 29.1 Å². The first-order valence-electron chi connectivity index (χ1n) is 9.57. The van der Waals surface area contributed by atoms with E-state index in [-0.39, 0.29) is 18.2 Å². The van der Waals surface area contributed by atoms with E-state index in [1.165, 1.54) is 12.8 Å². The first-order chi connectivity index (χ1) is 13.1. The van der Waals surface area contributed by atoms with Gasteiger partial charge in [-0.1, -0.05) is 18.2 Å². The molecule has 28 heavy (non-hydrogen) atoms. The Kier molecular flexibility index (Phi) is 6.11. The molecule has 2 heterocycles. The lowest BCUT2D eigenvalue weighted by molar-refractivity contribution is 0.103. The number of hydrogen-bond acceptors (Lipinski definition) is 3. The normalized spacial score (nSPS) is 16.9. The van der Waals surface area contributed by atoms with Gasteiger partial charge in [-0.15, -0.1) is 12.4 Å². The molecule has 2 aromatic carbocycles. The second-order valence-electron chi connectivity index (χ2n) is 7.42. The Bertz CT molecular complexity index is 978. The molecule has 1 atom stereocenters. The SMILES string of the molecule is COc1ccc(C(=O)c2c(C)n(CC3CCCN3C)c3ccccc23)cc1.Cl. The van der Waals surface area contributed by atoms with Gasteiger partial charge in [-0.25, -0.2) is 0 Å². The summed E-state index contributed by atoms with van der Waals surface area (Å²) in [5.74, 6) is 0.833. The summed E-state index contributed by atoms with van der Waals surface area (Å²) in [6.07, 6.45) is 2.46. The summed E-state index contributed by atoms with van der Waals surface area (Å²) in [7, 11) is 3.83. The van der Waals surface area contributed by atoms with Gasteiger partial charge in [0.15, 0.2) is 5.78 Å². The number of likely N-dealkylation sites (N-methyl/N-ethyl adjacent to an activating group) is 1. The van der Waals surface area contributed by atoms with Gasteiger partial charge >= 0.3 is 0 Å². The van der Waals surface area contributed by atoms with Gasteiger partial charge in [0.1, 0.15) is 5.75 Å². The Balaban J connectivity index is 0.00000225. The van der Waals surface area contributed by atoms with E-state index in [2.05, 4.69) is 41.6 Å². The van der Waals surface area contributed by atoms with Crippen molar-refractivity contribution in [1.29, 1.82) is 0 Å². The van der Waals surface area contributed by atoms with Crippen molar-refractivity contribution in [2.75, 3.05) is 20.7 Å². The van der Waals surface area contributed by atoms with Crippen LogP contribution in [0.5, 0.6) is 5.75 Å². The van der Waals surface area contributed by atoms with Crippen molar-refractivity contribution in [3.63, 3.8) is 0 Å². The molecule has 1 unspecified atom stereocenters. The number of halogens is 1. The maximum absolute atomic E-state index is 13.3. The first-order valence-corrected chi connectivity index (χ1v) is 9.57. The molecule has 1 aromatic heterocycles. The number of benzene rings is 2. The monoisotopic (exact) mass is 398 g/mol. The van der Waals surface area contributed by atoms with Crippen molar-refractivity contribution in [2.24, 2.45) is 0 Å². The van der Waals surface area contributed by atoms with Gasteiger partial charge in [-0.05, 0) is 63.7 Å². The third-order valence-corrected chi connectivity index (χ3v) is 5.87. The molecular weight excluding hydrogens is 372 g/mol. The molecule has 4 rings (SSSR count). The average Bonchev–Trinajstić information content (AvgIpc) is 3.23. The largest absolute Gasteiger partial charge is 0.497 e. The van der Waals surface area contributed by atoms with Crippen LogP contribution < -0.4 is 4.74 Å². The number of likely N-dealkylation sites (tertiary alicyclic amines) is 1. The summed E-state index contributed by atoms with van der Waals surface area (Å²) in [4.78, 5) is 15.8. The third kappa shape index (κ3) is 3.54. The summed E-state index contributed by atoms with van der Waals surface area (Å²) in [6, 6.07) is 16.2. The molecule has 1 aliphatic heterocycles. The molecule has 148 valence electrons. The van der Waals surface area contributed by atoms with Crippen LogP contribution in [-0.4, -0.2) is 42.0 Å². The molecular formula is C23H27ClN2O2. The highest BCUT2D eigenvalue weighted by Crippen LogP contribution is 2.30. The van der Waals surface area contributed by atoms with Crippen molar-refractivity contribution in [1.82, 2.24) is 9.47 Å². The molecule has 1 saturated heterocycles. The van der Waals surface area contributed by atoms with Crippen molar-refractivity contribution < 1.29 is 9.53 Å². The van der Waals surface area contributed by atoms with Gasteiger partial charge < -0.3 is 14.2 Å². The average molecular weight is 399 g/mol. The minimum Gasteiger partial charge on any atom is -0.497 e. The molecule has 3 aromatic rings. The number of carbonyl (C=O) groups excluding carboxylic acids is 1. The third-order valence-electron chi connectivity index (χ3n) is 5.87. The van der Waals surface area contributed by atoms with E-state index >= 15 is 0 Å². The van der Waals surface area contributed by atoms with Crippen molar-refractivity contribution in [3.8, 4) is 5.75 Å². The van der Waals surface area contributed by atoms with E-state index in [9.17, 15) is 4.79 Å². The molecule has 0 bridgehead atoms. The van der Waals surface area contributed by atoms with Gasteiger partial charge in [0.05, 0.1) is 12.7 Å². The van der Waals surface area contributed by atoms with E-state index in [1.807, 2.05) is 30.3 Å². The summed E-state index contributed by atoms with van der Waals surface area (Å²) in [5, 5.41) is 1.04. The van der Waals surface area contributed by atoms with Crippen LogP contribution in [0.1, 0.15) is 34.5 Å². The van der Waals surface area contributed by atoms with Gasteiger partial charge in [-0.3, -0.25) is 4.79 Å². The minimum atomic E-state index is 0. The van der Waals surface area contributed by atoms with E-state index in [0.29, 0.717) is 11.6 Å². The fraction of sp³-hybridized carbons (Fsp3) is 0.348. The maximum atomic E-state index is 13.3. The number of rotatable bonds is 5. The van der Waals surface area contributed by atoms with E-state index in [1.54, 1.807) is 7.11 Å². The number of carbonyl (C=O) groups is 1. The zero-order valence-electron chi connectivity index (χ0n) is 16.6. The first kappa shape index (κ1) is 20.4. The molecule has 0 aliphatic carbocycles. The number of ether oxygens (including phenoxy) is 1. The van der Waals surface area contributed by atoms with Crippen LogP contribution in [0.15, 0.2) is 48.5 Å². The second-order valence-corrected chi connectivity index (χ2v) is 7.42. The highest BCUT2D eigenvalue weighted by molar-refractivity contribution is 6.17. The van der Waals surface area contributed by atoms with Crippen LogP contribution in [0.25, 0.3) is 10.9 Å². The van der Waals surface area contributed by atoms with Crippen LogP contribution in [0.4, 0.5) is 0 Å². The number of hydrogen-bond donors (Lipinski definition) is 0. The van der Waals surface area contributed by atoms with E-state index in [4.69, 9.17) is 4.74 Å². The molecule has 4 nitrogen and oxygen atoms in total. The summed E-state index contributed by atoms with van der Waals surface area (Å²) in [5.41, 5.74) is 3.71. The van der Waals surface area contributed by atoms with E-state index < -0.39 is 0 Å². The Morgan fingerprint density at radius 1 is 1.14 bits per heavy atom. The molecule has 0 saturated carbocycles. The lowest BCUT2D eigenvalue weighted by Crippen LogP contribution is -2.29. The lowest BCUT2D eigenvalue weighted by atomic mass is 10.0. The molecule has 0 radical (unpaired) electrons. The summed E-state index contributed by atoms with van der Waals surface area (Å²) >= 11 is 0. The summed E-state index contributed by atoms with van der Waals surface area (Å²) < 4.78 is 7.55. The fourth-order valence-corrected chi connectivity index (χ4v) is 4.26. The minimum absolute atomic E-state index is 0. The number of nitrogens with zero attached hydrogens (tertiary/aromatic N) is 2. The van der Waals surface area contributed by atoms with Crippen LogP contribution in [0, 0.1) is 6.92 Å². The van der Waals surface area contributed by atoms with E-state index in [0.717, 1.165) is 41.0 Å². The van der Waals surface area contributed by atoms with Crippen LogP contribution in [-0.2, 0) is 6.54 Å². The Hall–Kier alpha value is -2.30. The Morgan fingerprint density at radius 2 is 1.86 bits per heavy atom. The Labute approximate surface area is 172 Å². The smallest absolute Gasteiger partial charge is 0.195 e. The predicted octanol–water partition coefficient (Wildman–Crippen LogP) is 4.71. The highest BCUT2D eigenvalue weighted by atomic mass is 35.5. The number of para-hydroxylation sites is 1. The standard InChI is InChI=1S/C23H26N2O2.ClH/c1-16-22(23(26)17-10-12-19(27-3)13-11-17)20-8-4-5-9-21(20)25(16)15-18-7-6-14-24(18)2;/h4-5,8-13,18H,6-7,14-15H2,1-3H3;1H. The molecule has 5 heteroatoms. The fourth-order valence-electron chi connectivity index (χ4n) is 4.26. The predicted molar refractivity (Wildman–Crippen MR) is 116 cm³/mol. The zero-order valence-corrected chi connectivity index (χ0v) is 17.5. The van der Waals surface area contributed by atoms with Crippen molar-refractivity contribution in [3.05, 3.63) is 65.4 Å². The van der Waals surface area contributed by atoms with Gasteiger partial charge in [-0.2, -0.15) is 0 Å². The number of ketones is 1. The lowest BCUT2D eigenvalue weighted by Gasteiger charge is -2.21. The maximum Gasteiger partial charge on any atom is 0.195 e. The highest BCUT2D eigenvalue weighted by Gasteiger charge is 2.25. The van der Waals surface area contributed by atoms with Gasteiger partial charge in [0, 0.05) is 34.7 Å². The molecule has 1 aliphatic rings. The molecule has 0 spiro atoms. The van der Waals surface area contributed by atoms with Crippen LogP contribution in [0.3, 0.4) is 0 Å². The van der Waals surface area contributed by atoms with Crippen LogP contribution >= 0.6 is 12.4 Å². The molecule has 1 fully saturated rings. The topological polar surface area (TPSA) is 34.5 Å². The number of methoxy groups -OCH3 is 1.